The first kappa shape index (κ1) is 11.7. The Balaban J connectivity index is 3.96. The molecular weight excluding hydrogens is 189 g/mol. The summed E-state index contributed by atoms with van der Waals surface area (Å²) in [5, 5.41) is 1.54. The molecule has 0 heterocycles. The van der Waals surface area contributed by atoms with Gasteiger partial charge in [-0.25, -0.2) is 0 Å². The summed E-state index contributed by atoms with van der Waals surface area (Å²) in [6.07, 6.45) is -4.48. The predicted octanol–water partition coefficient (Wildman–Crippen LogP) is -0.214. The fourth-order valence-electron chi connectivity index (χ4n) is 0.470. The van der Waals surface area contributed by atoms with E-state index >= 15 is 0 Å². The molecule has 2 amide bonds. The van der Waals surface area contributed by atoms with Gasteiger partial charge < -0.3 is 11.1 Å². The number of nitrogens with two attached hydrogens (primary N) is 1. The third kappa shape index (κ3) is 5.05. The summed E-state index contributed by atoms with van der Waals surface area (Å²) < 4.78 is 34.6. The van der Waals surface area contributed by atoms with Crippen molar-refractivity contribution in [3.8, 4) is 0 Å². The lowest BCUT2D eigenvalue weighted by molar-refractivity contribution is -0.143. The first-order valence-corrected chi connectivity index (χ1v) is 3.38. The highest BCUT2D eigenvalue weighted by Gasteiger charge is 2.29. The number of nitrogens with one attached hydrogen (secondary N) is 1. The SMILES string of the molecule is CC(C(N)=O)C(=O)NCC(F)(F)F. The van der Waals surface area contributed by atoms with Gasteiger partial charge in [0.1, 0.15) is 12.5 Å². The van der Waals surface area contributed by atoms with Gasteiger partial charge in [0.05, 0.1) is 0 Å². The van der Waals surface area contributed by atoms with E-state index in [2.05, 4.69) is 0 Å². The van der Waals surface area contributed by atoms with Gasteiger partial charge in [-0.2, -0.15) is 13.2 Å². The van der Waals surface area contributed by atoms with Gasteiger partial charge in [0.25, 0.3) is 0 Å². The number of hydrogen-bond donors (Lipinski definition) is 2. The van der Waals surface area contributed by atoms with Crippen LogP contribution in [0.25, 0.3) is 0 Å². The van der Waals surface area contributed by atoms with Crippen molar-refractivity contribution < 1.29 is 22.8 Å². The number of primary amides is 1. The summed E-state index contributed by atoms with van der Waals surface area (Å²) in [5.74, 6) is -3.23. The van der Waals surface area contributed by atoms with Crippen molar-refractivity contribution in [2.24, 2.45) is 11.7 Å². The Morgan fingerprint density at radius 1 is 1.46 bits per heavy atom. The largest absolute Gasteiger partial charge is 0.405 e. The Morgan fingerprint density at radius 2 is 1.92 bits per heavy atom. The fourth-order valence-corrected chi connectivity index (χ4v) is 0.470. The van der Waals surface area contributed by atoms with E-state index in [1.54, 1.807) is 0 Å². The van der Waals surface area contributed by atoms with Gasteiger partial charge in [0.2, 0.25) is 11.8 Å². The maximum atomic E-state index is 11.5. The molecule has 0 saturated heterocycles. The number of hydrogen-bond acceptors (Lipinski definition) is 2. The average molecular weight is 198 g/mol. The van der Waals surface area contributed by atoms with E-state index < -0.39 is 30.5 Å². The zero-order valence-corrected chi connectivity index (χ0v) is 6.81. The highest BCUT2D eigenvalue weighted by molar-refractivity contribution is 5.99. The van der Waals surface area contributed by atoms with Crippen LogP contribution in [-0.2, 0) is 9.59 Å². The molecule has 7 heteroatoms. The van der Waals surface area contributed by atoms with Crippen molar-refractivity contribution in [2.75, 3.05) is 6.54 Å². The second-order valence-corrected chi connectivity index (χ2v) is 2.46. The normalized spacial score (nSPS) is 13.5. The molecule has 0 fully saturated rings. The van der Waals surface area contributed by atoms with Crippen LogP contribution in [0, 0.1) is 5.92 Å². The van der Waals surface area contributed by atoms with Crippen LogP contribution in [0.3, 0.4) is 0 Å². The van der Waals surface area contributed by atoms with Gasteiger partial charge in [-0.05, 0) is 6.92 Å². The molecule has 0 bridgehead atoms. The number of carbonyl (C=O) groups excluding carboxylic acids is 2. The van der Waals surface area contributed by atoms with Crippen LogP contribution in [0.5, 0.6) is 0 Å². The van der Waals surface area contributed by atoms with Gasteiger partial charge in [0, 0.05) is 0 Å². The standard InChI is InChI=1S/C6H9F3N2O2/c1-3(4(10)12)5(13)11-2-6(7,8)9/h3H,2H2,1H3,(H2,10,12)(H,11,13). The maximum absolute atomic E-state index is 11.5. The van der Waals surface area contributed by atoms with Gasteiger partial charge in [-0.1, -0.05) is 0 Å². The van der Waals surface area contributed by atoms with E-state index in [1.807, 2.05) is 0 Å². The van der Waals surface area contributed by atoms with Crippen LogP contribution in [0.4, 0.5) is 13.2 Å². The summed E-state index contributed by atoms with van der Waals surface area (Å²) in [5.41, 5.74) is 4.70. The minimum atomic E-state index is -4.48. The molecule has 0 aromatic rings. The van der Waals surface area contributed by atoms with E-state index in [0.29, 0.717) is 0 Å². The van der Waals surface area contributed by atoms with Crippen LogP contribution in [0.1, 0.15) is 6.92 Å². The topological polar surface area (TPSA) is 72.2 Å². The zero-order chi connectivity index (χ0) is 10.6. The van der Waals surface area contributed by atoms with E-state index in [4.69, 9.17) is 5.73 Å². The number of amides is 2. The maximum Gasteiger partial charge on any atom is 0.405 e. The average Bonchev–Trinajstić information content (AvgIpc) is 1.97. The summed E-state index contributed by atoms with van der Waals surface area (Å²) >= 11 is 0. The Kier molecular flexibility index (Phi) is 3.70. The minimum Gasteiger partial charge on any atom is -0.369 e. The van der Waals surface area contributed by atoms with E-state index in [1.165, 1.54) is 5.32 Å². The molecule has 3 N–H and O–H groups in total. The van der Waals surface area contributed by atoms with Crippen molar-refractivity contribution >= 4 is 11.8 Å². The first-order chi connectivity index (χ1) is 5.74. The Hall–Kier alpha value is -1.27. The molecule has 0 radical (unpaired) electrons. The van der Waals surface area contributed by atoms with Crippen molar-refractivity contribution in [1.82, 2.24) is 5.32 Å². The predicted molar refractivity (Wildman–Crippen MR) is 37.4 cm³/mol. The lowest BCUT2D eigenvalue weighted by atomic mass is 10.1. The highest BCUT2D eigenvalue weighted by Crippen LogP contribution is 2.12. The number of alkyl halides is 3. The van der Waals surface area contributed by atoms with E-state index in [-0.39, 0.29) is 0 Å². The van der Waals surface area contributed by atoms with Gasteiger partial charge in [-0.3, -0.25) is 9.59 Å². The number of carbonyl (C=O) groups is 2. The first-order valence-electron chi connectivity index (χ1n) is 3.38. The second kappa shape index (κ2) is 4.11. The minimum absolute atomic E-state index is 0.959. The Labute approximate surface area is 72.3 Å². The smallest absolute Gasteiger partial charge is 0.369 e. The summed E-state index contributed by atoms with van der Waals surface area (Å²) in [4.78, 5) is 21.1. The molecule has 1 atom stereocenters. The summed E-state index contributed by atoms with van der Waals surface area (Å²) in [6, 6.07) is 0. The van der Waals surface area contributed by atoms with Crippen molar-refractivity contribution in [3.63, 3.8) is 0 Å². The quantitative estimate of drug-likeness (QED) is 0.615. The summed E-state index contributed by atoms with van der Waals surface area (Å²) in [6.45, 7) is -0.322. The summed E-state index contributed by atoms with van der Waals surface area (Å²) in [7, 11) is 0. The van der Waals surface area contributed by atoms with Gasteiger partial charge in [0.15, 0.2) is 0 Å². The van der Waals surface area contributed by atoms with E-state index in [0.717, 1.165) is 6.92 Å². The molecule has 0 aromatic carbocycles. The third-order valence-electron chi connectivity index (χ3n) is 1.28. The molecule has 1 unspecified atom stereocenters. The molecule has 0 spiro atoms. The molecule has 0 aromatic heterocycles. The Bertz CT molecular complexity index is 214. The van der Waals surface area contributed by atoms with Crippen LogP contribution in [0.15, 0.2) is 0 Å². The number of rotatable bonds is 3. The molecule has 0 aliphatic rings. The van der Waals surface area contributed by atoms with Crippen molar-refractivity contribution in [3.05, 3.63) is 0 Å². The molecular formula is C6H9F3N2O2. The molecule has 0 saturated carbocycles. The van der Waals surface area contributed by atoms with Crippen LogP contribution in [-0.4, -0.2) is 24.5 Å². The van der Waals surface area contributed by atoms with Gasteiger partial charge in [-0.15, -0.1) is 0 Å². The fraction of sp³-hybridized carbons (Fsp3) is 0.667. The monoisotopic (exact) mass is 198 g/mol. The molecule has 0 rings (SSSR count). The molecule has 76 valence electrons. The molecule has 4 nitrogen and oxygen atoms in total. The van der Waals surface area contributed by atoms with Crippen LogP contribution < -0.4 is 11.1 Å². The van der Waals surface area contributed by atoms with Crippen LogP contribution in [0.2, 0.25) is 0 Å². The molecule has 13 heavy (non-hydrogen) atoms. The Morgan fingerprint density at radius 3 is 2.23 bits per heavy atom. The third-order valence-corrected chi connectivity index (χ3v) is 1.28. The molecule has 0 aliphatic heterocycles. The zero-order valence-electron chi connectivity index (χ0n) is 6.81. The van der Waals surface area contributed by atoms with Crippen molar-refractivity contribution in [1.29, 1.82) is 0 Å². The van der Waals surface area contributed by atoms with Gasteiger partial charge >= 0.3 is 6.18 Å². The molecule has 0 aliphatic carbocycles. The van der Waals surface area contributed by atoms with E-state index in [9.17, 15) is 22.8 Å². The number of halogens is 3. The van der Waals surface area contributed by atoms with Crippen LogP contribution >= 0.6 is 0 Å². The lowest BCUT2D eigenvalue weighted by Gasteiger charge is -2.10. The van der Waals surface area contributed by atoms with Crippen molar-refractivity contribution in [2.45, 2.75) is 13.1 Å². The highest BCUT2D eigenvalue weighted by atomic mass is 19.4. The lowest BCUT2D eigenvalue weighted by Crippen LogP contribution is -2.41. The second-order valence-electron chi connectivity index (χ2n) is 2.46.